The zero-order valence-corrected chi connectivity index (χ0v) is 16.9. The topological polar surface area (TPSA) is 70.7 Å². The second kappa shape index (κ2) is 11.5. The van der Waals surface area contributed by atoms with E-state index in [1.165, 1.54) is 23.6 Å². The van der Waals surface area contributed by atoms with Gasteiger partial charge in [0.1, 0.15) is 12.3 Å². The number of unbranched alkanes of at least 4 members (excludes halogenated alkanes) is 1. The molecule has 7 heteroatoms. The van der Waals surface area contributed by atoms with Crippen LogP contribution in [-0.2, 0) is 9.59 Å². The number of carbonyl (C=O) groups excluding carboxylic acids is 2. The highest BCUT2D eigenvalue weighted by atomic mass is 32.2. The Hall–Kier alpha value is -2.15. The van der Waals surface area contributed by atoms with Crippen LogP contribution >= 0.6 is 11.8 Å². The van der Waals surface area contributed by atoms with E-state index >= 15 is 0 Å². The Balaban J connectivity index is 1.76. The van der Waals surface area contributed by atoms with E-state index in [9.17, 15) is 9.59 Å². The molecule has 0 atom stereocenters. The van der Waals surface area contributed by atoms with Gasteiger partial charge >= 0.3 is 0 Å². The SMILES string of the molecule is CCCCSCCCNC(=O)CN1NC(c2ccc(OC)cc2)=CCC1=O. The Kier molecular flexibility index (Phi) is 9.04. The molecular weight excluding hydrogens is 362 g/mol. The molecule has 1 aromatic rings. The summed E-state index contributed by atoms with van der Waals surface area (Å²) >= 11 is 1.92. The van der Waals surface area contributed by atoms with Crippen molar-refractivity contribution in [1.82, 2.24) is 15.8 Å². The van der Waals surface area contributed by atoms with Crippen LogP contribution in [0.3, 0.4) is 0 Å². The van der Waals surface area contributed by atoms with Crippen molar-refractivity contribution in [2.75, 3.05) is 31.7 Å². The first-order valence-corrected chi connectivity index (χ1v) is 10.6. The van der Waals surface area contributed by atoms with Gasteiger partial charge in [-0.25, -0.2) is 5.01 Å². The molecule has 2 amide bonds. The maximum absolute atomic E-state index is 12.1. The monoisotopic (exact) mass is 391 g/mol. The number of thioether (sulfide) groups is 1. The van der Waals surface area contributed by atoms with Gasteiger partial charge in [-0.1, -0.05) is 13.3 Å². The summed E-state index contributed by atoms with van der Waals surface area (Å²) in [5.41, 5.74) is 4.81. The van der Waals surface area contributed by atoms with E-state index in [2.05, 4.69) is 17.7 Å². The molecule has 0 radical (unpaired) electrons. The molecule has 1 aromatic carbocycles. The van der Waals surface area contributed by atoms with Gasteiger partial charge in [0.05, 0.1) is 12.8 Å². The largest absolute Gasteiger partial charge is 0.497 e. The Morgan fingerprint density at radius 2 is 2.00 bits per heavy atom. The van der Waals surface area contributed by atoms with Gasteiger partial charge in [0.15, 0.2) is 0 Å². The maximum atomic E-state index is 12.1. The maximum Gasteiger partial charge on any atom is 0.245 e. The van der Waals surface area contributed by atoms with Crippen molar-refractivity contribution in [3.63, 3.8) is 0 Å². The molecule has 0 aliphatic carbocycles. The Morgan fingerprint density at radius 1 is 1.26 bits per heavy atom. The predicted molar refractivity (Wildman–Crippen MR) is 110 cm³/mol. The van der Waals surface area contributed by atoms with Crippen LogP contribution in [0.4, 0.5) is 0 Å². The van der Waals surface area contributed by atoms with Gasteiger partial charge in [0.25, 0.3) is 0 Å². The van der Waals surface area contributed by atoms with E-state index in [0.29, 0.717) is 6.54 Å². The summed E-state index contributed by atoms with van der Waals surface area (Å²) in [6, 6.07) is 7.57. The van der Waals surface area contributed by atoms with Crippen molar-refractivity contribution in [2.24, 2.45) is 0 Å². The van der Waals surface area contributed by atoms with Gasteiger partial charge in [-0.15, -0.1) is 0 Å². The number of hydrazine groups is 1. The number of nitrogens with zero attached hydrogens (tertiary/aromatic N) is 1. The molecule has 0 saturated heterocycles. The molecule has 0 unspecified atom stereocenters. The van der Waals surface area contributed by atoms with Gasteiger partial charge in [-0.05, 0) is 60.3 Å². The molecule has 0 fully saturated rings. The number of hydrogen-bond acceptors (Lipinski definition) is 5. The average molecular weight is 392 g/mol. The van der Waals surface area contributed by atoms with Crippen LogP contribution < -0.4 is 15.5 Å². The van der Waals surface area contributed by atoms with Crippen LogP contribution in [0.25, 0.3) is 5.70 Å². The highest BCUT2D eigenvalue weighted by Crippen LogP contribution is 2.20. The number of hydrogen-bond donors (Lipinski definition) is 2. The summed E-state index contributed by atoms with van der Waals surface area (Å²) in [6.45, 7) is 2.84. The third-order valence-electron chi connectivity index (χ3n) is 4.17. The minimum atomic E-state index is -0.148. The number of benzene rings is 1. The summed E-state index contributed by atoms with van der Waals surface area (Å²) < 4.78 is 5.16. The third-order valence-corrected chi connectivity index (χ3v) is 5.32. The van der Waals surface area contributed by atoms with E-state index < -0.39 is 0 Å². The number of carbonyl (C=O) groups is 2. The quantitative estimate of drug-likeness (QED) is 0.568. The van der Waals surface area contributed by atoms with Crippen molar-refractivity contribution in [3.05, 3.63) is 35.9 Å². The number of amides is 2. The Labute approximate surface area is 165 Å². The molecule has 1 aliphatic rings. The second-order valence-electron chi connectivity index (χ2n) is 6.31. The number of methoxy groups -OCH3 is 1. The lowest BCUT2D eigenvalue weighted by Crippen LogP contribution is -2.49. The van der Waals surface area contributed by atoms with Crippen LogP contribution in [-0.4, -0.2) is 48.5 Å². The highest BCUT2D eigenvalue weighted by Gasteiger charge is 2.21. The van der Waals surface area contributed by atoms with E-state index in [4.69, 9.17) is 4.74 Å². The summed E-state index contributed by atoms with van der Waals surface area (Å²) in [4.78, 5) is 24.2. The summed E-state index contributed by atoms with van der Waals surface area (Å²) in [6.07, 6.45) is 5.51. The molecule has 2 rings (SSSR count). The minimum absolute atomic E-state index is 0.00923. The van der Waals surface area contributed by atoms with Crippen LogP contribution in [0, 0.1) is 0 Å². The highest BCUT2D eigenvalue weighted by molar-refractivity contribution is 7.99. The molecule has 0 saturated carbocycles. The molecule has 0 aromatic heterocycles. The number of nitrogens with one attached hydrogen (secondary N) is 2. The molecule has 1 heterocycles. The lowest BCUT2D eigenvalue weighted by Gasteiger charge is -2.28. The van der Waals surface area contributed by atoms with E-state index in [-0.39, 0.29) is 24.8 Å². The van der Waals surface area contributed by atoms with E-state index in [1.807, 2.05) is 42.1 Å². The standard InChI is InChI=1S/C20H29N3O3S/c1-3-4-13-27-14-5-12-21-19(24)15-23-20(25)11-10-18(22-23)16-6-8-17(26-2)9-7-16/h6-10,22H,3-5,11-15H2,1-2H3,(H,21,24). The van der Waals surface area contributed by atoms with E-state index in [0.717, 1.165) is 29.2 Å². The first-order valence-electron chi connectivity index (χ1n) is 9.40. The van der Waals surface area contributed by atoms with Crippen molar-refractivity contribution in [3.8, 4) is 5.75 Å². The summed E-state index contributed by atoms with van der Waals surface area (Å²) in [5.74, 6) is 2.74. The summed E-state index contributed by atoms with van der Waals surface area (Å²) in [7, 11) is 1.62. The summed E-state index contributed by atoms with van der Waals surface area (Å²) in [5, 5.41) is 4.27. The fourth-order valence-corrected chi connectivity index (χ4v) is 3.63. The molecule has 27 heavy (non-hydrogen) atoms. The first kappa shape index (κ1) is 21.2. The molecule has 2 N–H and O–H groups in total. The first-order chi connectivity index (χ1) is 13.1. The van der Waals surface area contributed by atoms with Gasteiger partial charge in [0.2, 0.25) is 11.8 Å². The minimum Gasteiger partial charge on any atom is -0.497 e. The smallest absolute Gasteiger partial charge is 0.245 e. The molecule has 6 nitrogen and oxygen atoms in total. The molecule has 1 aliphatic heterocycles. The predicted octanol–water partition coefficient (Wildman–Crippen LogP) is 2.81. The fourth-order valence-electron chi connectivity index (χ4n) is 2.58. The number of ether oxygens (including phenoxy) is 1. The van der Waals surface area contributed by atoms with Crippen molar-refractivity contribution >= 4 is 29.3 Å². The lowest BCUT2D eigenvalue weighted by atomic mass is 10.1. The zero-order valence-electron chi connectivity index (χ0n) is 16.1. The lowest BCUT2D eigenvalue weighted by molar-refractivity contribution is -0.137. The fraction of sp³-hybridized carbons (Fsp3) is 0.500. The molecule has 0 bridgehead atoms. The van der Waals surface area contributed by atoms with Crippen LogP contribution in [0.2, 0.25) is 0 Å². The second-order valence-corrected chi connectivity index (χ2v) is 7.54. The van der Waals surface area contributed by atoms with Crippen molar-refractivity contribution < 1.29 is 14.3 Å². The Morgan fingerprint density at radius 3 is 2.70 bits per heavy atom. The average Bonchev–Trinajstić information content (AvgIpc) is 2.69. The van der Waals surface area contributed by atoms with Gasteiger partial charge < -0.3 is 10.1 Å². The normalized spacial score (nSPS) is 13.8. The van der Waals surface area contributed by atoms with Gasteiger partial charge in [-0.3, -0.25) is 15.0 Å². The van der Waals surface area contributed by atoms with Gasteiger partial charge in [0, 0.05) is 13.0 Å². The van der Waals surface area contributed by atoms with Crippen molar-refractivity contribution in [2.45, 2.75) is 32.6 Å². The third kappa shape index (κ3) is 7.17. The van der Waals surface area contributed by atoms with Crippen molar-refractivity contribution in [1.29, 1.82) is 0 Å². The molecule has 148 valence electrons. The van der Waals surface area contributed by atoms with Crippen LogP contribution in [0.1, 0.15) is 38.2 Å². The van der Waals surface area contributed by atoms with E-state index in [1.54, 1.807) is 7.11 Å². The zero-order chi connectivity index (χ0) is 19.5. The van der Waals surface area contributed by atoms with Gasteiger partial charge in [-0.2, -0.15) is 11.8 Å². The molecular formula is C20H29N3O3S. The van der Waals surface area contributed by atoms with Crippen LogP contribution in [0.15, 0.2) is 30.3 Å². The molecule has 0 spiro atoms. The van der Waals surface area contributed by atoms with Crippen LogP contribution in [0.5, 0.6) is 5.75 Å². The Bertz CT molecular complexity index is 646. The number of rotatable bonds is 11.